The predicted octanol–water partition coefficient (Wildman–Crippen LogP) is 3.22. The smallest absolute Gasteiger partial charge is 0.248 e. The number of aromatic amines is 1. The van der Waals surface area contributed by atoms with Gasteiger partial charge in [0.1, 0.15) is 0 Å². The number of H-pyrrole nitrogens is 1. The minimum atomic E-state index is -0.0991. The van der Waals surface area contributed by atoms with Gasteiger partial charge in [0.2, 0.25) is 11.5 Å². The number of amides is 1. The van der Waals surface area contributed by atoms with Gasteiger partial charge in [-0.3, -0.25) is 9.59 Å². The lowest BCUT2D eigenvalue weighted by Crippen LogP contribution is -2.11. The second kappa shape index (κ2) is 6.37. The second-order valence-corrected chi connectivity index (χ2v) is 4.97. The molecule has 0 unspecified atom stereocenters. The van der Waals surface area contributed by atoms with Gasteiger partial charge in [-0.15, -0.1) is 0 Å². The molecule has 1 aromatic heterocycles. The molecule has 0 radical (unpaired) electrons. The maximum Gasteiger partial charge on any atom is 0.248 e. The molecule has 0 aliphatic heterocycles. The first-order valence-corrected chi connectivity index (χ1v) is 7.09. The molecule has 20 heavy (non-hydrogen) atoms. The fraction of sp³-hybridized carbons (Fsp3) is 0.375. The van der Waals surface area contributed by atoms with Gasteiger partial charge in [0.15, 0.2) is 0 Å². The minimum absolute atomic E-state index is 0.00101. The number of benzene rings is 1. The van der Waals surface area contributed by atoms with Crippen LogP contribution < -0.4 is 10.9 Å². The van der Waals surface area contributed by atoms with Crippen LogP contribution in [0.15, 0.2) is 29.1 Å². The largest absolute Gasteiger partial charge is 0.326 e. The number of aryl methyl sites for hydroxylation is 1. The molecule has 0 saturated heterocycles. The van der Waals surface area contributed by atoms with Crippen LogP contribution >= 0.6 is 0 Å². The van der Waals surface area contributed by atoms with E-state index in [1.54, 1.807) is 6.07 Å². The van der Waals surface area contributed by atoms with Crippen LogP contribution in [0, 0.1) is 0 Å². The lowest BCUT2D eigenvalue weighted by molar-refractivity contribution is -0.116. The van der Waals surface area contributed by atoms with E-state index in [9.17, 15) is 9.59 Å². The summed E-state index contributed by atoms with van der Waals surface area (Å²) in [6, 6.07) is 7.32. The molecule has 1 aromatic carbocycles. The Labute approximate surface area is 118 Å². The van der Waals surface area contributed by atoms with Gasteiger partial charge in [-0.25, -0.2) is 0 Å². The molecule has 106 valence electrons. The molecule has 0 atom stereocenters. The van der Waals surface area contributed by atoms with Crippen molar-refractivity contribution in [1.29, 1.82) is 0 Å². The number of aromatic nitrogens is 1. The maximum absolute atomic E-state index is 11.7. The van der Waals surface area contributed by atoms with Crippen LogP contribution in [0.5, 0.6) is 0 Å². The van der Waals surface area contributed by atoms with Crippen molar-refractivity contribution in [2.75, 3.05) is 5.32 Å². The highest BCUT2D eigenvalue weighted by molar-refractivity contribution is 5.94. The van der Waals surface area contributed by atoms with Gasteiger partial charge in [0, 0.05) is 23.6 Å². The van der Waals surface area contributed by atoms with Crippen LogP contribution in [0.1, 0.15) is 38.7 Å². The van der Waals surface area contributed by atoms with Gasteiger partial charge in [0.25, 0.3) is 0 Å². The lowest BCUT2D eigenvalue weighted by Gasteiger charge is -2.08. The van der Waals surface area contributed by atoms with Crippen LogP contribution in [0.3, 0.4) is 0 Å². The predicted molar refractivity (Wildman–Crippen MR) is 82.1 cm³/mol. The Kier molecular flexibility index (Phi) is 4.56. The summed E-state index contributed by atoms with van der Waals surface area (Å²) in [5.41, 5.74) is 2.45. The van der Waals surface area contributed by atoms with Crippen LogP contribution in [-0.2, 0) is 11.2 Å². The number of fused-ring (bicyclic) bond motifs is 1. The van der Waals surface area contributed by atoms with Crippen molar-refractivity contribution < 1.29 is 4.79 Å². The standard InChI is InChI=1S/C16H20N2O2/c1-3-5-11-9-16(20)18-14-10-12(7-8-13(11)14)17-15(19)6-4-2/h7-10H,3-6H2,1-2H3,(H,17,19)(H,18,20). The monoisotopic (exact) mass is 272 g/mol. The SMILES string of the molecule is CCCC(=O)Nc1ccc2c(CCC)cc(=O)[nH]c2c1. The number of pyridine rings is 1. The quantitative estimate of drug-likeness (QED) is 0.877. The first kappa shape index (κ1) is 14.3. The van der Waals surface area contributed by atoms with Crippen LogP contribution in [0.25, 0.3) is 10.9 Å². The molecule has 0 spiro atoms. The van der Waals surface area contributed by atoms with Crippen molar-refractivity contribution in [3.05, 3.63) is 40.2 Å². The van der Waals surface area contributed by atoms with Crippen molar-refractivity contribution in [2.24, 2.45) is 0 Å². The average Bonchev–Trinajstić information content (AvgIpc) is 2.38. The second-order valence-electron chi connectivity index (χ2n) is 4.97. The van der Waals surface area contributed by atoms with E-state index in [4.69, 9.17) is 0 Å². The zero-order valence-corrected chi connectivity index (χ0v) is 12.0. The third-order valence-electron chi connectivity index (χ3n) is 3.21. The summed E-state index contributed by atoms with van der Waals surface area (Å²) >= 11 is 0. The van der Waals surface area contributed by atoms with Crippen LogP contribution in [0.4, 0.5) is 5.69 Å². The Morgan fingerprint density at radius 2 is 2.00 bits per heavy atom. The van der Waals surface area contributed by atoms with Crippen molar-refractivity contribution in [1.82, 2.24) is 4.98 Å². The van der Waals surface area contributed by atoms with Gasteiger partial charge in [0.05, 0.1) is 5.52 Å². The van der Waals surface area contributed by atoms with E-state index in [-0.39, 0.29) is 11.5 Å². The Hall–Kier alpha value is -2.10. The highest BCUT2D eigenvalue weighted by Gasteiger charge is 2.06. The number of rotatable bonds is 5. The molecular formula is C16H20N2O2. The summed E-state index contributed by atoms with van der Waals surface area (Å²) in [6.45, 7) is 4.06. The fourth-order valence-corrected chi connectivity index (χ4v) is 2.34. The molecule has 4 nitrogen and oxygen atoms in total. The summed E-state index contributed by atoms with van der Waals surface area (Å²) in [4.78, 5) is 26.1. The molecule has 4 heteroatoms. The Morgan fingerprint density at radius 3 is 2.70 bits per heavy atom. The summed E-state index contributed by atoms with van der Waals surface area (Å²) in [7, 11) is 0. The van der Waals surface area contributed by atoms with Gasteiger partial charge in [-0.2, -0.15) is 0 Å². The van der Waals surface area contributed by atoms with Gasteiger partial charge in [-0.1, -0.05) is 26.3 Å². The molecule has 2 N–H and O–H groups in total. The average molecular weight is 272 g/mol. The number of carbonyl (C=O) groups excluding carboxylic acids is 1. The Morgan fingerprint density at radius 1 is 1.20 bits per heavy atom. The summed E-state index contributed by atoms with van der Waals surface area (Å²) in [5.74, 6) is -0.00101. The summed E-state index contributed by atoms with van der Waals surface area (Å²) in [6.07, 6.45) is 3.19. The van der Waals surface area contributed by atoms with Crippen molar-refractivity contribution in [2.45, 2.75) is 39.5 Å². The Balaban J connectivity index is 2.39. The van der Waals surface area contributed by atoms with E-state index in [1.165, 1.54) is 0 Å². The highest BCUT2D eigenvalue weighted by atomic mass is 16.1. The normalized spacial score (nSPS) is 10.7. The van der Waals surface area contributed by atoms with Gasteiger partial charge >= 0.3 is 0 Å². The topological polar surface area (TPSA) is 62.0 Å². The van der Waals surface area contributed by atoms with Crippen molar-refractivity contribution in [3.8, 4) is 0 Å². The third-order valence-corrected chi connectivity index (χ3v) is 3.21. The summed E-state index contributed by atoms with van der Waals surface area (Å²) < 4.78 is 0. The van der Waals surface area contributed by atoms with Gasteiger partial charge in [-0.05, 0) is 30.5 Å². The number of nitrogens with one attached hydrogen (secondary N) is 2. The number of anilines is 1. The van der Waals surface area contributed by atoms with E-state index in [2.05, 4.69) is 17.2 Å². The van der Waals surface area contributed by atoms with Crippen molar-refractivity contribution >= 4 is 22.5 Å². The maximum atomic E-state index is 11.7. The molecule has 1 heterocycles. The first-order valence-electron chi connectivity index (χ1n) is 7.09. The van der Waals surface area contributed by atoms with E-state index >= 15 is 0 Å². The zero-order chi connectivity index (χ0) is 14.5. The molecule has 0 bridgehead atoms. The van der Waals surface area contributed by atoms with Crippen LogP contribution in [-0.4, -0.2) is 10.9 Å². The number of hydrogen-bond donors (Lipinski definition) is 2. The lowest BCUT2D eigenvalue weighted by atomic mass is 10.0. The molecule has 0 aliphatic rings. The summed E-state index contributed by atoms with van der Waals surface area (Å²) in [5, 5.41) is 3.89. The van der Waals surface area contributed by atoms with Crippen molar-refractivity contribution in [3.63, 3.8) is 0 Å². The zero-order valence-electron chi connectivity index (χ0n) is 12.0. The minimum Gasteiger partial charge on any atom is -0.326 e. The van der Waals surface area contributed by atoms with E-state index in [0.29, 0.717) is 6.42 Å². The molecule has 0 saturated carbocycles. The highest BCUT2D eigenvalue weighted by Crippen LogP contribution is 2.20. The number of hydrogen-bond acceptors (Lipinski definition) is 2. The van der Waals surface area contributed by atoms with E-state index in [0.717, 1.165) is 41.4 Å². The third kappa shape index (κ3) is 3.26. The Bertz CT molecular complexity index is 674. The van der Waals surface area contributed by atoms with Crippen LogP contribution in [0.2, 0.25) is 0 Å². The first-order chi connectivity index (χ1) is 9.63. The molecule has 2 rings (SSSR count). The molecular weight excluding hydrogens is 252 g/mol. The molecule has 0 aliphatic carbocycles. The number of carbonyl (C=O) groups is 1. The van der Waals surface area contributed by atoms with E-state index < -0.39 is 0 Å². The molecule has 2 aromatic rings. The molecule has 1 amide bonds. The molecule has 0 fully saturated rings. The van der Waals surface area contributed by atoms with E-state index in [1.807, 2.05) is 25.1 Å². The fourth-order valence-electron chi connectivity index (χ4n) is 2.34. The van der Waals surface area contributed by atoms with Gasteiger partial charge < -0.3 is 10.3 Å².